The fourth-order valence-electron chi connectivity index (χ4n) is 2.82. The SMILES string of the molecule is CO/C=C/c1c(N)ncnc1Cl.Clc1ncnc2[nH]ccc12.Nc1ncnc(Cl)c1C=O.O=Cc1c(Cl)ncnc1Cl.O=c1cc(O)nc[nH]1. The molecule has 0 saturated carbocycles. The Hall–Kier alpha value is -5.53. The Balaban J connectivity index is 0.000000218. The van der Waals surface area contributed by atoms with Crippen molar-refractivity contribution in [3.8, 4) is 5.88 Å². The average Bonchev–Trinajstić information content (AvgIpc) is 3.57. The molecule has 0 atom stereocenters. The van der Waals surface area contributed by atoms with Crippen molar-refractivity contribution in [3.05, 3.63) is 109 Å². The maximum atomic E-state index is 10.2. The molecule has 0 radical (unpaired) electrons. The standard InChI is InChI=1S/C7H8ClN3O.C6H4ClN3.C5H2Cl2N2O.C5H4ClN3O.C4H4N2O2/c1-12-3-2-5-6(8)10-4-11-7(5)9;7-5-4-1-2-8-6(4)10-3-9-5;2*6-4-3(1-10)5(7)9-2-8-4;7-3-1-4(8)6-2-5-3/h2-4H,1H3,(H2,9,10,11);1-3H,(H,8,9,10);1-2H;1-2H,(H2,7,8,9);1-2H,(H2,5,6,7,8)/b3-2+;;;;. The van der Waals surface area contributed by atoms with E-state index in [0.29, 0.717) is 34.3 Å². The van der Waals surface area contributed by atoms with Crippen LogP contribution in [0.4, 0.5) is 11.6 Å². The molecule has 0 spiro atoms. The number of ether oxygens (including phenoxy) is 1. The van der Waals surface area contributed by atoms with Crippen LogP contribution >= 0.6 is 58.0 Å². The predicted octanol–water partition coefficient (Wildman–Crippen LogP) is 4.54. The number of hydrogen-bond donors (Lipinski definition) is 5. The summed E-state index contributed by atoms with van der Waals surface area (Å²) in [7, 11) is 1.53. The number of nitrogens with one attached hydrogen (secondary N) is 2. The fourth-order valence-corrected chi connectivity index (χ4v) is 3.81. The van der Waals surface area contributed by atoms with Gasteiger partial charge in [-0.05, 0) is 12.1 Å². The quantitative estimate of drug-likeness (QED) is 0.0932. The molecular formula is C27H22Cl5N13O5. The molecule has 7 N–H and O–H groups in total. The molecule has 0 bridgehead atoms. The van der Waals surface area contributed by atoms with Crippen LogP contribution in [0.25, 0.3) is 17.1 Å². The molecule has 6 heterocycles. The molecule has 6 aromatic heterocycles. The first-order valence-corrected chi connectivity index (χ1v) is 14.8. The normalized spacial score (nSPS) is 9.80. The predicted molar refractivity (Wildman–Crippen MR) is 187 cm³/mol. The molecular weight excluding hydrogens is 764 g/mol. The van der Waals surface area contributed by atoms with Crippen LogP contribution in [0, 0.1) is 0 Å². The molecule has 18 nitrogen and oxygen atoms in total. The number of aldehydes is 2. The number of hydrogen-bond acceptors (Lipinski definition) is 16. The maximum Gasteiger partial charge on any atom is 0.254 e. The van der Waals surface area contributed by atoms with Crippen molar-refractivity contribution < 1.29 is 19.4 Å². The van der Waals surface area contributed by atoms with E-state index in [2.05, 4.69) is 54.8 Å². The highest BCUT2D eigenvalue weighted by Gasteiger charge is 2.05. The first-order chi connectivity index (χ1) is 23.9. The van der Waals surface area contributed by atoms with Gasteiger partial charge in [-0.3, -0.25) is 14.4 Å². The molecule has 0 aliphatic carbocycles. The Kier molecular flexibility index (Phi) is 17.4. The van der Waals surface area contributed by atoms with Crippen LogP contribution in [0.2, 0.25) is 25.8 Å². The Bertz CT molecular complexity index is 1980. The second-order valence-corrected chi connectivity index (χ2v) is 10.0. The topological polar surface area (TPSA) is 280 Å². The van der Waals surface area contributed by atoms with Gasteiger partial charge in [0, 0.05) is 6.20 Å². The monoisotopic (exact) mass is 783 g/mol. The number of carbonyl (C=O) groups is 2. The van der Waals surface area contributed by atoms with Crippen LogP contribution in [-0.4, -0.2) is 79.6 Å². The van der Waals surface area contributed by atoms with E-state index in [1.54, 1.807) is 12.3 Å². The van der Waals surface area contributed by atoms with E-state index in [4.69, 9.17) is 79.3 Å². The lowest BCUT2D eigenvalue weighted by Gasteiger charge is -1.99. The van der Waals surface area contributed by atoms with E-state index in [-0.39, 0.29) is 43.8 Å². The van der Waals surface area contributed by atoms with Crippen molar-refractivity contribution in [3.63, 3.8) is 0 Å². The number of H-pyrrole nitrogens is 2. The largest absolute Gasteiger partial charge is 0.504 e. The number of carbonyl (C=O) groups excluding carboxylic acids is 2. The minimum atomic E-state index is -0.350. The molecule has 6 rings (SSSR count). The number of aromatic amines is 2. The molecule has 0 saturated heterocycles. The second-order valence-electron chi connectivity index (χ2n) is 8.24. The molecule has 0 aliphatic heterocycles. The molecule has 260 valence electrons. The zero-order chi connectivity index (χ0) is 37.1. The van der Waals surface area contributed by atoms with Gasteiger partial charge in [0.2, 0.25) is 5.88 Å². The minimum absolute atomic E-state index is 0.0787. The summed E-state index contributed by atoms with van der Waals surface area (Å²) in [6.07, 6.45) is 12.2. The van der Waals surface area contributed by atoms with Crippen LogP contribution in [0.5, 0.6) is 5.88 Å². The van der Waals surface area contributed by atoms with Crippen LogP contribution in [0.1, 0.15) is 26.3 Å². The van der Waals surface area contributed by atoms with Crippen molar-refractivity contribution >= 4 is 99.3 Å². The Labute approximate surface area is 305 Å². The molecule has 6 aromatic rings. The van der Waals surface area contributed by atoms with Gasteiger partial charge in [0.05, 0.1) is 47.8 Å². The number of halogens is 5. The molecule has 0 amide bonds. The zero-order valence-corrected chi connectivity index (χ0v) is 28.9. The molecule has 0 aromatic carbocycles. The third-order valence-electron chi connectivity index (χ3n) is 5.09. The van der Waals surface area contributed by atoms with Gasteiger partial charge < -0.3 is 31.3 Å². The number of rotatable bonds is 4. The smallest absolute Gasteiger partial charge is 0.254 e. The fraction of sp³-hybridized carbons (Fsp3) is 0.0370. The number of aromatic nitrogens is 11. The number of methoxy groups -OCH3 is 1. The van der Waals surface area contributed by atoms with Gasteiger partial charge >= 0.3 is 0 Å². The third kappa shape index (κ3) is 13.2. The first kappa shape index (κ1) is 40.6. The minimum Gasteiger partial charge on any atom is -0.504 e. The van der Waals surface area contributed by atoms with Crippen molar-refractivity contribution in [2.45, 2.75) is 0 Å². The van der Waals surface area contributed by atoms with E-state index in [0.717, 1.165) is 23.4 Å². The Morgan fingerprint density at radius 2 is 1.20 bits per heavy atom. The van der Waals surface area contributed by atoms with Gasteiger partial charge in [-0.2, -0.15) is 0 Å². The van der Waals surface area contributed by atoms with Crippen molar-refractivity contribution in [2.24, 2.45) is 0 Å². The van der Waals surface area contributed by atoms with Gasteiger partial charge in [0.1, 0.15) is 68.4 Å². The van der Waals surface area contributed by atoms with Crippen molar-refractivity contribution in [2.75, 3.05) is 18.6 Å². The third-order valence-corrected chi connectivity index (χ3v) is 6.60. The summed E-state index contributed by atoms with van der Waals surface area (Å²) in [6.45, 7) is 0. The Morgan fingerprint density at radius 1 is 0.700 bits per heavy atom. The van der Waals surface area contributed by atoms with E-state index in [9.17, 15) is 14.4 Å². The zero-order valence-electron chi connectivity index (χ0n) is 25.1. The van der Waals surface area contributed by atoms with Gasteiger partial charge in [-0.15, -0.1) is 0 Å². The summed E-state index contributed by atoms with van der Waals surface area (Å²) in [4.78, 5) is 68.7. The van der Waals surface area contributed by atoms with Gasteiger partial charge in [0.25, 0.3) is 5.56 Å². The lowest BCUT2D eigenvalue weighted by Crippen LogP contribution is -2.01. The van der Waals surface area contributed by atoms with Crippen molar-refractivity contribution in [1.82, 2.24) is 54.8 Å². The number of fused-ring (bicyclic) bond motifs is 1. The molecule has 0 aliphatic rings. The summed E-state index contributed by atoms with van der Waals surface area (Å²) in [5.74, 6) is 0.187. The summed E-state index contributed by atoms with van der Waals surface area (Å²) in [5.41, 5.74) is 12.1. The number of nitrogen functional groups attached to an aromatic ring is 2. The molecule has 23 heteroatoms. The van der Waals surface area contributed by atoms with Crippen LogP contribution in [0.3, 0.4) is 0 Å². The number of anilines is 2. The van der Waals surface area contributed by atoms with Crippen LogP contribution in [-0.2, 0) is 4.74 Å². The van der Waals surface area contributed by atoms with E-state index in [1.165, 1.54) is 38.7 Å². The van der Waals surface area contributed by atoms with E-state index < -0.39 is 0 Å². The summed E-state index contributed by atoms with van der Waals surface area (Å²) >= 11 is 27.8. The highest BCUT2D eigenvalue weighted by Crippen LogP contribution is 2.19. The summed E-state index contributed by atoms with van der Waals surface area (Å²) in [5, 5.41) is 10.4. The van der Waals surface area contributed by atoms with Gasteiger partial charge in [-0.25, -0.2) is 44.9 Å². The highest BCUT2D eigenvalue weighted by molar-refractivity contribution is 6.37. The summed E-state index contributed by atoms with van der Waals surface area (Å²) < 4.78 is 4.71. The lowest BCUT2D eigenvalue weighted by molar-refractivity contribution is 0.111. The van der Waals surface area contributed by atoms with E-state index >= 15 is 0 Å². The van der Waals surface area contributed by atoms with Gasteiger partial charge in [0.15, 0.2) is 12.6 Å². The summed E-state index contributed by atoms with van der Waals surface area (Å²) in [6, 6.07) is 2.84. The van der Waals surface area contributed by atoms with Crippen LogP contribution in [0.15, 0.2) is 61.0 Å². The van der Waals surface area contributed by atoms with Gasteiger partial charge in [-0.1, -0.05) is 58.0 Å². The second kappa shape index (κ2) is 21.4. The lowest BCUT2D eigenvalue weighted by atomic mass is 10.3. The number of aromatic hydroxyl groups is 1. The maximum absolute atomic E-state index is 10.2. The van der Waals surface area contributed by atoms with Crippen LogP contribution < -0.4 is 17.0 Å². The highest BCUT2D eigenvalue weighted by atomic mass is 35.5. The molecule has 0 fully saturated rings. The number of nitrogens with two attached hydrogens (primary N) is 2. The van der Waals surface area contributed by atoms with Crippen molar-refractivity contribution in [1.29, 1.82) is 0 Å². The molecule has 50 heavy (non-hydrogen) atoms. The number of nitrogens with zero attached hydrogens (tertiary/aromatic N) is 9. The first-order valence-electron chi connectivity index (χ1n) is 12.9. The average molecular weight is 786 g/mol. The Morgan fingerprint density at radius 3 is 1.62 bits per heavy atom. The molecule has 0 unspecified atom stereocenters. The van der Waals surface area contributed by atoms with E-state index in [1.807, 2.05) is 6.07 Å².